The van der Waals surface area contributed by atoms with Gasteiger partial charge in [0.1, 0.15) is 5.75 Å². The van der Waals surface area contributed by atoms with Crippen LogP contribution in [0.2, 0.25) is 0 Å². The molecule has 1 saturated carbocycles. The van der Waals surface area contributed by atoms with Crippen molar-refractivity contribution in [3.05, 3.63) is 27.8 Å². The summed E-state index contributed by atoms with van der Waals surface area (Å²) in [4.78, 5) is 11.9. The van der Waals surface area contributed by atoms with Crippen LogP contribution in [0.5, 0.6) is 5.75 Å². The van der Waals surface area contributed by atoms with E-state index in [9.17, 15) is 4.79 Å². The fraction of sp³-hybridized carbons (Fsp3) is 0.462. The number of halogens is 1. The molecule has 0 spiro atoms. The van der Waals surface area contributed by atoms with Crippen LogP contribution >= 0.6 is 22.6 Å². The quantitative estimate of drug-likeness (QED) is 0.621. The molecule has 1 aromatic carbocycles. The standard InChI is InChI=1S/C13H15IO3/c1-2-16-12(15)13(8-3-9-13)17-11-6-4-10(14)5-7-11/h4-7H,2-3,8-9H2,1H3. The van der Waals surface area contributed by atoms with Crippen molar-refractivity contribution in [2.75, 3.05) is 6.61 Å². The largest absolute Gasteiger partial charge is 0.476 e. The lowest BCUT2D eigenvalue weighted by Crippen LogP contribution is -2.51. The van der Waals surface area contributed by atoms with Crippen LogP contribution in [-0.4, -0.2) is 18.2 Å². The van der Waals surface area contributed by atoms with Gasteiger partial charge >= 0.3 is 5.97 Å². The lowest BCUT2D eigenvalue weighted by atomic mass is 9.80. The summed E-state index contributed by atoms with van der Waals surface area (Å²) in [6.07, 6.45) is 2.51. The van der Waals surface area contributed by atoms with Crippen LogP contribution < -0.4 is 4.74 Å². The maximum atomic E-state index is 11.9. The maximum absolute atomic E-state index is 11.9. The molecule has 0 radical (unpaired) electrons. The smallest absolute Gasteiger partial charge is 0.350 e. The summed E-state index contributed by atoms with van der Waals surface area (Å²) in [5.41, 5.74) is -0.733. The Morgan fingerprint density at radius 2 is 2.00 bits per heavy atom. The molecule has 3 nitrogen and oxygen atoms in total. The minimum Gasteiger partial charge on any atom is -0.476 e. The summed E-state index contributed by atoms with van der Waals surface area (Å²) in [6.45, 7) is 2.21. The van der Waals surface area contributed by atoms with Crippen molar-refractivity contribution in [2.45, 2.75) is 31.8 Å². The Morgan fingerprint density at radius 3 is 2.47 bits per heavy atom. The van der Waals surface area contributed by atoms with Crippen molar-refractivity contribution in [2.24, 2.45) is 0 Å². The molecule has 0 N–H and O–H groups in total. The fourth-order valence-corrected chi connectivity index (χ4v) is 2.20. The van der Waals surface area contributed by atoms with Gasteiger partial charge in [-0.2, -0.15) is 0 Å². The van der Waals surface area contributed by atoms with E-state index in [0.29, 0.717) is 6.61 Å². The molecule has 0 saturated heterocycles. The van der Waals surface area contributed by atoms with Gasteiger partial charge in [0.2, 0.25) is 5.60 Å². The Hall–Kier alpha value is -0.780. The van der Waals surface area contributed by atoms with Gasteiger partial charge in [0.05, 0.1) is 6.61 Å². The first kappa shape index (κ1) is 12.7. The molecule has 1 aliphatic carbocycles. The monoisotopic (exact) mass is 346 g/mol. The van der Waals surface area contributed by atoms with E-state index in [1.54, 1.807) is 0 Å². The maximum Gasteiger partial charge on any atom is 0.350 e. The third-order valence-electron chi connectivity index (χ3n) is 2.94. The van der Waals surface area contributed by atoms with Gasteiger partial charge in [0.25, 0.3) is 0 Å². The first-order valence-corrected chi connectivity index (χ1v) is 6.86. The fourth-order valence-electron chi connectivity index (χ4n) is 1.84. The van der Waals surface area contributed by atoms with Gasteiger partial charge in [-0.25, -0.2) is 4.79 Å². The Bertz CT molecular complexity index is 396. The normalized spacial score (nSPS) is 17.1. The Morgan fingerprint density at radius 1 is 1.35 bits per heavy atom. The van der Waals surface area contributed by atoms with Gasteiger partial charge in [-0.15, -0.1) is 0 Å². The molecule has 1 aliphatic rings. The second-order valence-electron chi connectivity index (χ2n) is 4.12. The Balaban J connectivity index is 2.09. The van der Waals surface area contributed by atoms with Gasteiger partial charge in [0.15, 0.2) is 0 Å². The van der Waals surface area contributed by atoms with Crippen LogP contribution in [-0.2, 0) is 9.53 Å². The van der Waals surface area contributed by atoms with Crippen molar-refractivity contribution in [3.63, 3.8) is 0 Å². The average Bonchev–Trinajstić information content (AvgIpc) is 2.26. The Labute approximate surface area is 115 Å². The molecule has 92 valence electrons. The van der Waals surface area contributed by atoms with E-state index in [4.69, 9.17) is 9.47 Å². The molecule has 0 amide bonds. The number of hydrogen-bond acceptors (Lipinski definition) is 3. The van der Waals surface area contributed by atoms with Gasteiger partial charge in [0, 0.05) is 3.57 Å². The van der Waals surface area contributed by atoms with Crippen LogP contribution in [0.3, 0.4) is 0 Å². The van der Waals surface area contributed by atoms with Crippen LogP contribution in [0.4, 0.5) is 0 Å². The van der Waals surface area contributed by atoms with Gasteiger partial charge in [-0.3, -0.25) is 0 Å². The Kier molecular flexibility index (Phi) is 3.91. The van der Waals surface area contributed by atoms with Crippen molar-refractivity contribution in [3.8, 4) is 5.75 Å². The van der Waals surface area contributed by atoms with E-state index in [1.165, 1.54) is 0 Å². The molecule has 1 aromatic rings. The van der Waals surface area contributed by atoms with Crippen LogP contribution in [0.15, 0.2) is 24.3 Å². The summed E-state index contributed by atoms with van der Waals surface area (Å²) in [5, 5.41) is 0. The number of hydrogen-bond donors (Lipinski definition) is 0. The highest BCUT2D eigenvalue weighted by Gasteiger charge is 2.48. The second-order valence-corrected chi connectivity index (χ2v) is 5.37. The molecule has 1 fully saturated rings. The molecule has 0 aromatic heterocycles. The zero-order chi connectivity index (χ0) is 12.3. The number of carbonyl (C=O) groups is 1. The molecule has 0 unspecified atom stereocenters. The number of benzene rings is 1. The molecule has 0 atom stereocenters. The second kappa shape index (κ2) is 5.25. The molecule has 2 rings (SSSR count). The predicted molar refractivity (Wildman–Crippen MR) is 73.0 cm³/mol. The highest BCUT2D eigenvalue weighted by Crippen LogP contribution is 2.37. The number of ether oxygens (including phenoxy) is 2. The van der Waals surface area contributed by atoms with E-state index < -0.39 is 5.60 Å². The lowest BCUT2D eigenvalue weighted by molar-refractivity contribution is -0.169. The van der Waals surface area contributed by atoms with Crippen molar-refractivity contribution in [1.82, 2.24) is 0 Å². The average molecular weight is 346 g/mol. The molecular weight excluding hydrogens is 331 g/mol. The van der Waals surface area contributed by atoms with Crippen molar-refractivity contribution in [1.29, 1.82) is 0 Å². The third-order valence-corrected chi connectivity index (χ3v) is 3.65. The van der Waals surface area contributed by atoms with Crippen LogP contribution in [0.25, 0.3) is 0 Å². The molecule has 0 bridgehead atoms. The third kappa shape index (κ3) is 2.73. The SMILES string of the molecule is CCOC(=O)C1(Oc2ccc(I)cc2)CCC1. The zero-order valence-electron chi connectivity index (χ0n) is 9.74. The highest BCUT2D eigenvalue weighted by molar-refractivity contribution is 14.1. The molecular formula is C13H15IO3. The summed E-state index contributed by atoms with van der Waals surface area (Å²) >= 11 is 2.24. The molecule has 4 heteroatoms. The zero-order valence-corrected chi connectivity index (χ0v) is 11.9. The van der Waals surface area contributed by atoms with Crippen molar-refractivity contribution < 1.29 is 14.3 Å². The van der Waals surface area contributed by atoms with Gasteiger partial charge < -0.3 is 9.47 Å². The van der Waals surface area contributed by atoms with Gasteiger partial charge in [-0.1, -0.05) is 0 Å². The number of carbonyl (C=O) groups excluding carboxylic acids is 1. The van der Waals surface area contributed by atoms with E-state index in [2.05, 4.69) is 22.6 Å². The first-order chi connectivity index (χ1) is 8.16. The summed E-state index contributed by atoms with van der Waals surface area (Å²) in [5.74, 6) is 0.503. The summed E-state index contributed by atoms with van der Waals surface area (Å²) < 4.78 is 12.1. The molecule has 0 aliphatic heterocycles. The molecule has 0 heterocycles. The number of rotatable bonds is 4. The van der Waals surface area contributed by atoms with Crippen LogP contribution in [0, 0.1) is 3.57 Å². The van der Waals surface area contributed by atoms with Gasteiger partial charge in [-0.05, 0) is 73.0 Å². The highest BCUT2D eigenvalue weighted by atomic mass is 127. The van der Waals surface area contributed by atoms with Crippen molar-refractivity contribution >= 4 is 28.6 Å². The minimum atomic E-state index is -0.733. The first-order valence-electron chi connectivity index (χ1n) is 5.78. The predicted octanol–water partition coefficient (Wildman–Crippen LogP) is 3.16. The minimum absolute atomic E-state index is 0.232. The number of esters is 1. The molecule has 17 heavy (non-hydrogen) atoms. The van der Waals surface area contributed by atoms with Crippen LogP contribution in [0.1, 0.15) is 26.2 Å². The lowest BCUT2D eigenvalue weighted by Gasteiger charge is -2.39. The van der Waals surface area contributed by atoms with E-state index >= 15 is 0 Å². The van der Waals surface area contributed by atoms with E-state index in [1.807, 2.05) is 31.2 Å². The summed E-state index contributed by atoms with van der Waals surface area (Å²) in [6, 6.07) is 7.71. The van der Waals surface area contributed by atoms with E-state index in [-0.39, 0.29) is 5.97 Å². The summed E-state index contributed by atoms with van der Waals surface area (Å²) in [7, 11) is 0. The van der Waals surface area contributed by atoms with E-state index in [0.717, 1.165) is 28.6 Å². The topological polar surface area (TPSA) is 35.5 Å².